The number of ether oxygens (including phenoxy) is 1. The van der Waals surface area contributed by atoms with Gasteiger partial charge in [-0.05, 0) is 47.0 Å². The van der Waals surface area contributed by atoms with Crippen LogP contribution >= 0.6 is 15.9 Å². The van der Waals surface area contributed by atoms with Crippen molar-refractivity contribution in [2.45, 2.75) is 12.8 Å². The van der Waals surface area contributed by atoms with Crippen molar-refractivity contribution in [3.8, 4) is 5.75 Å². The van der Waals surface area contributed by atoms with Crippen molar-refractivity contribution < 1.29 is 13.9 Å². The first-order valence-electron chi connectivity index (χ1n) is 5.78. The lowest BCUT2D eigenvalue weighted by molar-refractivity contribution is 0.0941. The van der Waals surface area contributed by atoms with Crippen LogP contribution in [0.3, 0.4) is 0 Å². The number of halogens is 2. The maximum Gasteiger partial charge on any atom is 0.252 e. The molecule has 1 saturated carbocycles. The van der Waals surface area contributed by atoms with Crippen molar-refractivity contribution in [2.75, 3.05) is 20.3 Å². The molecular formula is C13H15BrFNO2. The van der Waals surface area contributed by atoms with Crippen molar-refractivity contribution in [3.05, 3.63) is 28.2 Å². The van der Waals surface area contributed by atoms with E-state index in [2.05, 4.69) is 21.2 Å². The number of methoxy groups -OCH3 is 1. The van der Waals surface area contributed by atoms with Crippen LogP contribution < -0.4 is 10.1 Å². The molecule has 0 bridgehead atoms. The van der Waals surface area contributed by atoms with Gasteiger partial charge in [0.1, 0.15) is 5.75 Å². The molecule has 1 aliphatic rings. The van der Waals surface area contributed by atoms with E-state index in [0.717, 1.165) is 12.8 Å². The number of amides is 1. The molecule has 0 aliphatic heterocycles. The Morgan fingerprint density at radius 1 is 1.56 bits per heavy atom. The Labute approximate surface area is 114 Å². The molecular weight excluding hydrogens is 301 g/mol. The Kier molecular flexibility index (Phi) is 3.90. The number of carbonyl (C=O) groups is 1. The van der Waals surface area contributed by atoms with Crippen molar-refractivity contribution in [1.82, 2.24) is 5.32 Å². The molecule has 1 N–H and O–H groups in total. The quantitative estimate of drug-likeness (QED) is 0.907. The number of rotatable bonds is 5. The first-order chi connectivity index (χ1) is 8.60. The Morgan fingerprint density at radius 2 is 2.28 bits per heavy atom. The molecule has 5 heteroatoms. The third-order valence-corrected chi connectivity index (χ3v) is 3.97. The summed E-state index contributed by atoms with van der Waals surface area (Å²) in [5.74, 6) is 0.412. The zero-order valence-corrected chi connectivity index (χ0v) is 11.7. The number of benzene rings is 1. The zero-order chi connectivity index (χ0) is 13.2. The maximum absolute atomic E-state index is 12.7. The average Bonchev–Trinajstić information content (AvgIpc) is 3.17. The Bertz CT molecular complexity index is 460. The van der Waals surface area contributed by atoms with Crippen LogP contribution in [0.25, 0.3) is 0 Å². The summed E-state index contributed by atoms with van der Waals surface area (Å²) in [6.45, 7) is 0.0263. The molecule has 0 radical (unpaired) electrons. The number of hydrogen-bond donors (Lipinski definition) is 1. The van der Waals surface area contributed by atoms with Gasteiger partial charge in [0.05, 0.1) is 19.3 Å². The molecule has 0 heterocycles. The van der Waals surface area contributed by atoms with Crippen molar-refractivity contribution in [2.24, 2.45) is 5.41 Å². The SMILES string of the molecule is COc1ccc(Br)c(C(=O)NCC2(CF)CC2)c1. The summed E-state index contributed by atoms with van der Waals surface area (Å²) in [5, 5.41) is 2.78. The summed E-state index contributed by atoms with van der Waals surface area (Å²) in [6, 6.07) is 5.19. The predicted molar refractivity (Wildman–Crippen MR) is 70.7 cm³/mol. The van der Waals surface area contributed by atoms with Gasteiger partial charge in [0.15, 0.2) is 0 Å². The first kappa shape index (κ1) is 13.3. The Morgan fingerprint density at radius 3 is 2.83 bits per heavy atom. The van der Waals surface area contributed by atoms with Crippen molar-refractivity contribution in [3.63, 3.8) is 0 Å². The van der Waals surface area contributed by atoms with Gasteiger partial charge in [0, 0.05) is 16.4 Å². The van der Waals surface area contributed by atoms with E-state index in [1.165, 1.54) is 0 Å². The van der Waals surface area contributed by atoms with Gasteiger partial charge in [0.2, 0.25) is 0 Å². The van der Waals surface area contributed by atoms with Gasteiger partial charge in [-0.3, -0.25) is 9.18 Å². The number of carbonyl (C=O) groups excluding carboxylic acids is 1. The molecule has 18 heavy (non-hydrogen) atoms. The average molecular weight is 316 g/mol. The summed E-state index contributed by atoms with van der Waals surface area (Å²) >= 11 is 3.32. The molecule has 1 amide bonds. The van der Waals surface area contributed by atoms with Crippen LogP contribution in [0.2, 0.25) is 0 Å². The van der Waals surface area contributed by atoms with E-state index in [4.69, 9.17) is 4.74 Å². The smallest absolute Gasteiger partial charge is 0.252 e. The second-order valence-electron chi connectivity index (χ2n) is 4.66. The maximum atomic E-state index is 12.7. The fraction of sp³-hybridized carbons (Fsp3) is 0.462. The van der Waals surface area contributed by atoms with E-state index in [9.17, 15) is 9.18 Å². The highest BCUT2D eigenvalue weighted by Gasteiger charge is 2.42. The number of nitrogens with one attached hydrogen (secondary N) is 1. The summed E-state index contributed by atoms with van der Waals surface area (Å²) < 4.78 is 18.5. The molecule has 0 atom stereocenters. The van der Waals surface area contributed by atoms with E-state index in [1.54, 1.807) is 25.3 Å². The van der Waals surface area contributed by atoms with Crippen LogP contribution in [0, 0.1) is 5.41 Å². The summed E-state index contributed by atoms with van der Waals surface area (Å²) in [7, 11) is 1.55. The molecule has 0 unspecified atom stereocenters. The minimum Gasteiger partial charge on any atom is -0.497 e. The molecule has 98 valence electrons. The number of hydrogen-bond acceptors (Lipinski definition) is 2. The van der Waals surface area contributed by atoms with Crippen LogP contribution in [-0.2, 0) is 0 Å². The van der Waals surface area contributed by atoms with Gasteiger partial charge in [-0.1, -0.05) is 0 Å². The van der Waals surface area contributed by atoms with Gasteiger partial charge in [-0.2, -0.15) is 0 Å². The molecule has 1 aliphatic carbocycles. The van der Waals surface area contributed by atoms with E-state index >= 15 is 0 Å². The topological polar surface area (TPSA) is 38.3 Å². The van der Waals surface area contributed by atoms with Crippen molar-refractivity contribution in [1.29, 1.82) is 0 Å². The van der Waals surface area contributed by atoms with E-state index < -0.39 is 0 Å². The van der Waals surface area contributed by atoms with Gasteiger partial charge < -0.3 is 10.1 Å². The van der Waals surface area contributed by atoms with Gasteiger partial charge >= 0.3 is 0 Å². The Hall–Kier alpha value is -1.10. The highest BCUT2D eigenvalue weighted by Crippen LogP contribution is 2.45. The third kappa shape index (κ3) is 2.83. The summed E-state index contributed by atoms with van der Waals surface area (Å²) in [4.78, 5) is 12.0. The standard InChI is InChI=1S/C13H15BrFNO2/c1-18-9-2-3-11(14)10(6-9)12(17)16-8-13(7-15)4-5-13/h2-3,6H,4-5,7-8H2,1H3,(H,16,17). The van der Waals surface area contributed by atoms with Crippen LogP contribution in [0.15, 0.2) is 22.7 Å². The molecule has 3 nitrogen and oxygen atoms in total. The molecule has 1 fully saturated rings. The zero-order valence-electron chi connectivity index (χ0n) is 10.1. The minimum absolute atomic E-state index is 0.208. The molecule has 2 rings (SSSR count). The van der Waals surface area contributed by atoms with Gasteiger partial charge in [0.25, 0.3) is 5.91 Å². The van der Waals surface area contributed by atoms with E-state index in [0.29, 0.717) is 22.3 Å². The largest absolute Gasteiger partial charge is 0.497 e. The van der Waals surface area contributed by atoms with Crippen LogP contribution in [-0.4, -0.2) is 26.2 Å². The van der Waals surface area contributed by atoms with Crippen LogP contribution in [0.1, 0.15) is 23.2 Å². The highest BCUT2D eigenvalue weighted by molar-refractivity contribution is 9.10. The number of alkyl halides is 1. The lowest BCUT2D eigenvalue weighted by Crippen LogP contribution is -2.31. The normalized spacial score (nSPS) is 16.2. The fourth-order valence-corrected chi connectivity index (χ4v) is 2.13. The lowest BCUT2D eigenvalue weighted by atomic mass is 10.1. The molecule has 0 spiro atoms. The second-order valence-corrected chi connectivity index (χ2v) is 5.52. The lowest BCUT2D eigenvalue weighted by Gasteiger charge is -2.13. The molecule has 0 aromatic heterocycles. The predicted octanol–water partition coefficient (Wildman–Crippen LogP) is 2.94. The van der Waals surface area contributed by atoms with Crippen molar-refractivity contribution >= 4 is 21.8 Å². The molecule has 1 aromatic rings. The Balaban J connectivity index is 2.04. The van der Waals surface area contributed by atoms with Gasteiger partial charge in [-0.15, -0.1) is 0 Å². The van der Waals surface area contributed by atoms with Gasteiger partial charge in [-0.25, -0.2) is 0 Å². The molecule has 1 aromatic carbocycles. The third-order valence-electron chi connectivity index (χ3n) is 3.28. The van der Waals surface area contributed by atoms with E-state index in [1.807, 2.05) is 0 Å². The van der Waals surface area contributed by atoms with E-state index in [-0.39, 0.29) is 18.0 Å². The van der Waals surface area contributed by atoms with Crippen LogP contribution in [0.4, 0.5) is 4.39 Å². The highest BCUT2D eigenvalue weighted by atomic mass is 79.9. The monoisotopic (exact) mass is 315 g/mol. The summed E-state index contributed by atoms with van der Waals surface area (Å²) in [6.07, 6.45) is 1.70. The summed E-state index contributed by atoms with van der Waals surface area (Å²) in [5.41, 5.74) is 0.199. The first-order valence-corrected chi connectivity index (χ1v) is 6.57. The van der Waals surface area contributed by atoms with Crippen LogP contribution in [0.5, 0.6) is 5.75 Å². The minimum atomic E-state index is -0.368. The fourth-order valence-electron chi connectivity index (χ4n) is 1.70. The molecule has 0 saturated heterocycles. The second kappa shape index (κ2) is 5.26.